The van der Waals surface area contributed by atoms with E-state index in [0.29, 0.717) is 35.7 Å². The average Bonchev–Trinajstić information content (AvgIpc) is 2.95. The molecule has 8 nitrogen and oxygen atoms in total. The van der Waals surface area contributed by atoms with Crippen molar-refractivity contribution in [1.29, 1.82) is 0 Å². The summed E-state index contributed by atoms with van der Waals surface area (Å²) in [7, 11) is -3.76. The number of hydrogen-bond donors (Lipinski definition) is 2. The van der Waals surface area contributed by atoms with Crippen molar-refractivity contribution in [3.63, 3.8) is 0 Å². The van der Waals surface area contributed by atoms with Crippen molar-refractivity contribution in [2.75, 3.05) is 0 Å². The number of nitrogens with zero attached hydrogens (tertiary/aromatic N) is 2. The Balaban J connectivity index is 1.96. The molecular formula is C22H32N4O4S. The number of benzene rings is 1. The molecule has 1 aromatic carbocycles. The van der Waals surface area contributed by atoms with Crippen LogP contribution in [0.5, 0.6) is 0 Å². The standard InChI is InChI=1S/C22H32N4O4S/c1-15-10-11-17(31(28,29)26-21(3,4)5)14-18(15)19(27)24-22(12-8-6-7-9-13-22)20-23-16(2)30-25-20/h10-11,14,26H,6-9,12-13H2,1-5H3,(H,24,27). The van der Waals surface area contributed by atoms with Crippen molar-refractivity contribution in [2.45, 2.75) is 89.1 Å². The molecular weight excluding hydrogens is 416 g/mol. The number of amides is 1. The van der Waals surface area contributed by atoms with Crippen molar-refractivity contribution in [2.24, 2.45) is 0 Å². The predicted octanol–water partition coefficient (Wildman–Crippen LogP) is 3.74. The second-order valence-electron chi connectivity index (χ2n) is 9.42. The van der Waals surface area contributed by atoms with E-state index in [-0.39, 0.29) is 10.8 Å². The van der Waals surface area contributed by atoms with Crippen LogP contribution >= 0.6 is 0 Å². The summed E-state index contributed by atoms with van der Waals surface area (Å²) in [5.74, 6) is 0.594. The van der Waals surface area contributed by atoms with E-state index < -0.39 is 21.1 Å². The zero-order valence-electron chi connectivity index (χ0n) is 18.9. The number of carbonyl (C=O) groups excluding carboxylic acids is 1. The average molecular weight is 449 g/mol. The van der Waals surface area contributed by atoms with Gasteiger partial charge in [-0.15, -0.1) is 0 Å². The SMILES string of the molecule is Cc1nc(C2(NC(=O)c3cc(S(=O)(=O)NC(C)(C)C)ccc3C)CCCCCC2)no1. The minimum atomic E-state index is -3.76. The van der Waals surface area contributed by atoms with Crippen LogP contribution in [-0.4, -0.2) is 30.0 Å². The van der Waals surface area contributed by atoms with E-state index in [2.05, 4.69) is 20.2 Å². The van der Waals surface area contributed by atoms with Crippen LogP contribution in [-0.2, 0) is 15.6 Å². The third kappa shape index (κ3) is 5.51. The topological polar surface area (TPSA) is 114 Å². The number of sulfonamides is 1. The number of rotatable bonds is 5. The maximum Gasteiger partial charge on any atom is 0.252 e. The molecule has 0 spiro atoms. The number of hydrogen-bond acceptors (Lipinski definition) is 6. The van der Waals surface area contributed by atoms with Crippen molar-refractivity contribution in [3.8, 4) is 0 Å². The Morgan fingerprint density at radius 1 is 1.10 bits per heavy atom. The molecule has 1 aromatic heterocycles. The van der Waals surface area contributed by atoms with Gasteiger partial charge < -0.3 is 9.84 Å². The molecule has 0 atom stereocenters. The first-order valence-electron chi connectivity index (χ1n) is 10.7. The Morgan fingerprint density at radius 2 is 1.74 bits per heavy atom. The van der Waals surface area contributed by atoms with Gasteiger partial charge in [0.15, 0.2) is 5.82 Å². The molecule has 3 rings (SSSR count). The van der Waals surface area contributed by atoms with Crippen LogP contribution in [0.1, 0.15) is 86.9 Å². The summed E-state index contributed by atoms with van der Waals surface area (Å²) in [6, 6.07) is 4.61. The lowest BCUT2D eigenvalue weighted by Gasteiger charge is -2.31. The van der Waals surface area contributed by atoms with Crippen LogP contribution in [0.2, 0.25) is 0 Å². The largest absolute Gasteiger partial charge is 0.340 e. The summed E-state index contributed by atoms with van der Waals surface area (Å²) in [5, 5.41) is 7.26. The van der Waals surface area contributed by atoms with E-state index in [1.807, 2.05) is 0 Å². The molecule has 1 amide bonds. The Kier molecular flexibility index (Phi) is 6.57. The van der Waals surface area contributed by atoms with Gasteiger partial charge in [0, 0.05) is 18.0 Å². The Morgan fingerprint density at radius 3 is 2.29 bits per heavy atom. The van der Waals surface area contributed by atoms with Gasteiger partial charge in [-0.3, -0.25) is 4.79 Å². The molecule has 1 heterocycles. The minimum absolute atomic E-state index is 0.0588. The van der Waals surface area contributed by atoms with Gasteiger partial charge in [-0.05, 0) is 58.2 Å². The van der Waals surface area contributed by atoms with Crippen LogP contribution in [0.3, 0.4) is 0 Å². The molecule has 0 bridgehead atoms. The van der Waals surface area contributed by atoms with Crippen LogP contribution in [0.15, 0.2) is 27.6 Å². The molecule has 0 aliphatic heterocycles. The number of aryl methyl sites for hydroxylation is 2. The van der Waals surface area contributed by atoms with Crippen LogP contribution in [0, 0.1) is 13.8 Å². The summed E-state index contributed by atoms with van der Waals surface area (Å²) in [6.45, 7) is 8.84. The van der Waals surface area contributed by atoms with E-state index in [1.165, 1.54) is 12.1 Å². The monoisotopic (exact) mass is 448 g/mol. The zero-order valence-corrected chi connectivity index (χ0v) is 19.7. The smallest absolute Gasteiger partial charge is 0.252 e. The van der Waals surface area contributed by atoms with E-state index in [9.17, 15) is 13.2 Å². The molecule has 1 aliphatic carbocycles. The predicted molar refractivity (Wildman–Crippen MR) is 117 cm³/mol. The highest BCUT2D eigenvalue weighted by Crippen LogP contribution is 2.35. The second kappa shape index (κ2) is 8.70. The summed E-state index contributed by atoms with van der Waals surface area (Å²) >= 11 is 0. The Labute approximate surface area is 184 Å². The first kappa shape index (κ1) is 23.4. The fourth-order valence-electron chi connectivity index (χ4n) is 3.99. The molecule has 2 aromatic rings. The molecule has 1 aliphatic rings. The molecule has 0 unspecified atom stereocenters. The lowest BCUT2D eigenvalue weighted by atomic mass is 9.88. The van der Waals surface area contributed by atoms with Crippen LogP contribution < -0.4 is 10.0 Å². The van der Waals surface area contributed by atoms with Gasteiger partial charge in [-0.25, -0.2) is 13.1 Å². The van der Waals surface area contributed by atoms with Gasteiger partial charge in [0.1, 0.15) is 5.54 Å². The molecule has 170 valence electrons. The lowest BCUT2D eigenvalue weighted by Crippen LogP contribution is -2.46. The fraction of sp³-hybridized carbons (Fsp3) is 0.591. The quantitative estimate of drug-likeness (QED) is 0.674. The van der Waals surface area contributed by atoms with Gasteiger partial charge in [-0.1, -0.05) is 36.9 Å². The summed E-state index contributed by atoms with van der Waals surface area (Å²) in [4.78, 5) is 17.9. The third-order valence-electron chi connectivity index (χ3n) is 5.47. The minimum Gasteiger partial charge on any atom is -0.340 e. The summed E-state index contributed by atoms with van der Waals surface area (Å²) in [5.41, 5.74) is -0.343. The Hall–Kier alpha value is -2.26. The van der Waals surface area contributed by atoms with Gasteiger partial charge in [0.25, 0.3) is 5.91 Å². The first-order valence-corrected chi connectivity index (χ1v) is 12.2. The third-order valence-corrected chi connectivity index (χ3v) is 7.23. The van der Waals surface area contributed by atoms with Crippen molar-refractivity contribution in [1.82, 2.24) is 20.2 Å². The van der Waals surface area contributed by atoms with Gasteiger partial charge >= 0.3 is 0 Å². The fourth-order valence-corrected chi connectivity index (χ4v) is 5.43. The molecule has 0 saturated heterocycles. The molecule has 9 heteroatoms. The molecule has 2 N–H and O–H groups in total. The van der Waals surface area contributed by atoms with E-state index in [1.54, 1.807) is 40.7 Å². The highest BCUT2D eigenvalue weighted by Gasteiger charge is 2.39. The first-order chi connectivity index (χ1) is 14.4. The highest BCUT2D eigenvalue weighted by atomic mass is 32.2. The Bertz CT molecular complexity index is 1050. The summed E-state index contributed by atoms with van der Waals surface area (Å²) < 4.78 is 33.4. The molecule has 1 fully saturated rings. The van der Waals surface area contributed by atoms with E-state index in [0.717, 1.165) is 25.7 Å². The van der Waals surface area contributed by atoms with Crippen molar-refractivity contribution in [3.05, 3.63) is 41.0 Å². The number of aromatic nitrogens is 2. The molecule has 0 radical (unpaired) electrons. The van der Waals surface area contributed by atoms with Gasteiger partial charge in [-0.2, -0.15) is 4.98 Å². The highest BCUT2D eigenvalue weighted by molar-refractivity contribution is 7.89. The van der Waals surface area contributed by atoms with Gasteiger partial charge in [0.05, 0.1) is 4.90 Å². The molecule has 31 heavy (non-hydrogen) atoms. The van der Waals surface area contributed by atoms with E-state index >= 15 is 0 Å². The second-order valence-corrected chi connectivity index (χ2v) is 11.1. The summed E-state index contributed by atoms with van der Waals surface area (Å²) in [6.07, 6.45) is 5.47. The number of nitrogens with one attached hydrogen (secondary N) is 2. The lowest BCUT2D eigenvalue weighted by molar-refractivity contribution is 0.0876. The van der Waals surface area contributed by atoms with Crippen molar-refractivity contribution < 1.29 is 17.7 Å². The van der Waals surface area contributed by atoms with E-state index in [4.69, 9.17) is 4.52 Å². The van der Waals surface area contributed by atoms with Crippen LogP contribution in [0.25, 0.3) is 0 Å². The van der Waals surface area contributed by atoms with Crippen LogP contribution in [0.4, 0.5) is 0 Å². The van der Waals surface area contributed by atoms with Crippen molar-refractivity contribution >= 4 is 15.9 Å². The molecule has 1 saturated carbocycles. The zero-order chi connectivity index (χ0) is 22.9. The maximum absolute atomic E-state index is 13.4. The number of carbonyl (C=O) groups is 1. The van der Waals surface area contributed by atoms with Gasteiger partial charge in [0.2, 0.25) is 15.9 Å². The maximum atomic E-state index is 13.4. The normalized spacial score (nSPS) is 17.2.